The summed E-state index contributed by atoms with van der Waals surface area (Å²) in [5.41, 5.74) is 1.96. The molecular formula is C34H22Cl2FeN2S. The molecule has 0 N–H and O–H groups in total. The first-order valence-corrected chi connectivity index (χ1v) is 16.4. The molecule has 0 atom stereocenters. The first-order chi connectivity index (χ1) is 19.7. The summed E-state index contributed by atoms with van der Waals surface area (Å²) >= 11 is 1.88. The quantitative estimate of drug-likeness (QED) is 0.107. The Morgan fingerprint density at radius 2 is 0.850 bits per heavy atom. The molecule has 0 saturated carbocycles. The maximum atomic E-state index is 4.85. The molecule has 196 valence electrons. The van der Waals surface area contributed by atoms with Crippen molar-refractivity contribution < 1.29 is 13.1 Å². The Labute approximate surface area is 251 Å². The number of thiophene rings is 1. The van der Waals surface area contributed by atoms with E-state index in [0.29, 0.717) is 0 Å². The average molecular weight is 617 g/mol. The number of nitrogens with zero attached hydrogens (tertiary/aromatic N) is 2. The second kappa shape index (κ2) is 12.3. The minimum absolute atomic E-state index is 0.194. The van der Waals surface area contributed by atoms with Crippen molar-refractivity contribution in [3.63, 3.8) is 0 Å². The molecule has 0 spiro atoms. The second-order valence-corrected chi connectivity index (χ2v) is 12.2. The van der Waals surface area contributed by atoms with E-state index in [9.17, 15) is 0 Å². The third-order valence-corrected chi connectivity index (χ3v) is 7.71. The zero-order chi connectivity index (χ0) is 27.3. The molecule has 0 saturated heterocycles. The number of rotatable bonds is 4. The Hall–Kier alpha value is -3.50. The van der Waals surface area contributed by atoms with Crippen molar-refractivity contribution in [2.24, 2.45) is 9.98 Å². The van der Waals surface area contributed by atoms with Gasteiger partial charge >= 0.3 is 33.3 Å². The Morgan fingerprint density at radius 3 is 1.27 bits per heavy atom. The third-order valence-electron chi connectivity index (χ3n) is 6.76. The summed E-state index contributed by atoms with van der Waals surface area (Å²) in [7, 11) is 9.53. The summed E-state index contributed by atoms with van der Waals surface area (Å²) in [6.07, 6.45) is 3.91. The first kappa shape index (κ1) is 26.7. The molecule has 0 aliphatic heterocycles. The van der Waals surface area contributed by atoms with Gasteiger partial charge in [-0.15, -0.1) is 11.3 Å². The van der Waals surface area contributed by atoms with Gasteiger partial charge in [0.1, 0.15) is 0 Å². The molecule has 1 aromatic heterocycles. The summed E-state index contributed by atoms with van der Waals surface area (Å²) in [6.45, 7) is 0. The van der Waals surface area contributed by atoms with Gasteiger partial charge in [-0.05, 0) is 80.8 Å². The van der Waals surface area contributed by atoms with Crippen LogP contribution in [0.3, 0.4) is 0 Å². The van der Waals surface area contributed by atoms with E-state index < -0.39 is 0 Å². The van der Waals surface area contributed by atoms with Gasteiger partial charge in [-0.2, -0.15) is 0 Å². The molecular weight excluding hydrogens is 595 g/mol. The van der Waals surface area contributed by atoms with E-state index in [0.717, 1.165) is 21.1 Å². The van der Waals surface area contributed by atoms with Crippen LogP contribution in [0, 0.1) is 0 Å². The van der Waals surface area contributed by atoms with Crippen molar-refractivity contribution in [2.75, 3.05) is 0 Å². The van der Waals surface area contributed by atoms with Crippen molar-refractivity contribution in [2.45, 2.75) is 0 Å². The number of aliphatic imine (C=N–C) groups is 2. The standard InChI is InChI=1S/C34H22N2S.2ClH.Fe/c1-3-9-25-19-31-27(17-23(25)7-1)11-5-13-33(31)35-21-29-15-16-30(37-29)22-36-34-14-6-12-28-18-24-8-2-4-10-26(24)20-32(28)34;;;/h1-22H;2*1H;/q;;;+2/p-2. The zero-order valence-electron chi connectivity index (χ0n) is 21.1. The fraction of sp³-hybridized carbons (Fsp3) is 0. The van der Waals surface area contributed by atoms with Gasteiger partial charge in [0.25, 0.3) is 0 Å². The van der Waals surface area contributed by atoms with Gasteiger partial charge < -0.3 is 0 Å². The van der Waals surface area contributed by atoms with Gasteiger partial charge in [0, 0.05) is 33.0 Å². The van der Waals surface area contributed by atoms with E-state index in [2.05, 4.69) is 121 Å². The predicted molar refractivity (Wildman–Crippen MR) is 173 cm³/mol. The normalized spacial score (nSPS) is 11.8. The Morgan fingerprint density at radius 1 is 0.475 bits per heavy atom. The van der Waals surface area contributed by atoms with E-state index in [-0.39, 0.29) is 13.1 Å². The number of benzene rings is 6. The molecule has 7 aromatic rings. The fourth-order valence-corrected chi connectivity index (χ4v) is 5.65. The zero-order valence-corrected chi connectivity index (χ0v) is 24.5. The van der Waals surface area contributed by atoms with Crippen LogP contribution >= 0.6 is 31.5 Å². The Kier molecular flexibility index (Phi) is 8.24. The summed E-state index contributed by atoms with van der Waals surface area (Å²) in [4.78, 5) is 11.9. The van der Waals surface area contributed by atoms with E-state index in [4.69, 9.17) is 30.2 Å². The molecule has 1 heterocycles. The maximum absolute atomic E-state index is 4.85. The van der Waals surface area contributed by atoms with Crippen LogP contribution in [0.15, 0.2) is 131 Å². The van der Waals surface area contributed by atoms with Gasteiger partial charge in [-0.3, -0.25) is 9.98 Å². The molecule has 6 aromatic carbocycles. The monoisotopic (exact) mass is 616 g/mol. The molecule has 6 heteroatoms. The first-order valence-electron chi connectivity index (χ1n) is 12.6. The number of hydrogen-bond donors (Lipinski definition) is 0. The van der Waals surface area contributed by atoms with Gasteiger partial charge in [0.05, 0.1) is 11.4 Å². The summed E-state index contributed by atoms with van der Waals surface area (Å²) < 4.78 is 0. The SMILES string of the molecule is C(=Nc1cccc2cc3ccccc3cc12)c1ccc(C=Nc2cccc3cc4ccccc4cc23)s1.[Cl][Fe][Cl]. The van der Waals surface area contributed by atoms with Crippen LogP contribution in [-0.2, 0) is 13.1 Å². The number of halogens is 2. The summed E-state index contributed by atoms with van der Waals surface area (Å²) in [5.74, 6) is 0. The predicted octanol–water partition coefficient (Wildman–Crippen LogP) is 11.2. The molecule has 40 heavy (non-hydrogen) atoms. The second-order valence-electron chi connectivity index (χ2n) is 9.20. The Bertz CT molecular complexity index is 1890. The number of fused-ring (bicyclic) bond motifs is 4. The van der Waals surface area contributed by atoms with Crippen molar-refractivity contribution in [1.82, 2.24) is 0 Å². The van der Waals surface area contributed by atoms with Crippen LogP contribution in [-0.4, -0.2) is 12.4 Å². The molecule has 0 radical (unpaired) electrons. The van der Waals surface area contributed by atoms with Crippen molar-refractivity contribution in [1.29, 1.82) is 0 Å². The third kappa shape index (κ3) is 5.83. The summed E-state index contributed by atoms with van der Waals surface area (Å²) in [5, 5.41) is 9.70. The van der Waals surface area contributed by atoms with E-state index >= 15 is 0 Å². The van der Waals surface area contributed by atoms with Crippen LogP contribution in [0.1, 0.15) is 9.75 Å². The summed E-state index contributed by atoms with van der Waals surface area (Å²) in [6, 6.07) is 42.7. The molecule has 0 aliphatic rings. The van der Waals surface area contributed by atoms with Gasteiger partial charge in [-0.25, -0.2) is 0 Å². The molecule has 7 rings (SSSR count). The number of hydrogen-bond acceptors (Lipinski definition) is 3. The molecule has 2 nitrogen and oxygen atoms in total. The molecule has 0 aliphatic carbocycles. The molecule has 0 unspecified atom stereocenters. The minimum atomic E-state index is 0.194. The fourth-order valence-electron chi connectivity index (χ4n) is 4.90. The van der Waals surface area contributed by atoms with Gasteiger partial charge in [0.15, 0.2) is 0 Å². The molecule has 0 bridgehead atoms. The van der Waals surface area contributed by atoms with Crippen LogP contribution < -0.4 is 0 Å². The van der Waals surface area contributed by atoms with Crippen LogP contribution in [0.25, 0.3) is 43.1 Å². The topological polar surface area (TPSA) is 24.7 Å². The van der Waals surface area contributed by atoms with E-state index in [1.165, 1.54) is 43.1 Å². The van der Waals surface area contributed by atoms with E-state index in [1.807, 2.05) is 12.4 Å². The Balaban J connectivity index is 0.000000925. The van der Waals surface area contributed by atoms with E-state index in [1.54, 1.807) is 11.3 Å². The van der Waals surface area contributed by atoms with Crippen molar-refractivity contribution >= 4 is 98.4 Å². The molecule has 0 fully saturated rings. The van der Waals surface area contributed by atoms with Crippen molar-refractivity contribution in [3.05, 3.63) is 131 Å². The van der Waals surface area contributed by atoms with Crippen LogP contribution in [0.4, 0.5) is 11.4 Å². The van der Waals surface area contributed by atoms with Crippen LogP contribution in [0.5, 0.6) is 0 Å². The van der Waals surface area contributed by atoms with Crippen molar-refractivity contribution in [3.8, 4) is 0 Å². The molecule has 0 amide bonds. The van der Waals surface area contributed by atoms with Gasteiger partial charge in [0.2, 0.25) is 0 Å². The van der Waals surface area contributed by atoms with Crippen LogP contribution in [0.2, 0.25) is 0 Å². The average Bonchev–Trinajstić information content (AvgIpc) is 3.45. The van der Waals surface area contributed by atoms with Gasteiger partial charge in [-0.1, -0.05) is 72.8 Å².